The fraction of sp³-hybridized carbons (Fsp3) is 0.333. The van der Waals surface area contributed by atoms with Gasteiger partial charge in [0.1, 0.15) is 0 Å². The normalized spacial score (nSPS) is 14.0. The van der Waals surface area contributed by atoms with Crippen LogP contribution in [0.4, 0.5) is 5.69 Å². The van der Waals surface area contributed by atoms with Crippen molar-refractivity contribution in [2.45, 2.75) is 19.9 Å². The minimum atomic E-state index is -0.250. The van der Waals surface area contributed by atoms with Gasteiger partial charge in [0.25, 0.3) is 12.9 Å². The maximum absolute atomic E-state index is 8.36. The Hall–Kier alpha value is -3.46. The molecule has 1 aliphatic rings. The lowest BCUT2D eigenvalue weighted by atomic mass is 10.2. The van der Waals surface area contributed by atoms with Crippen molar-refractivity contribution in [2.75, 3.05) is 31.1 Å². The summed E-state index contributed by atoms with van der Waals surface area (Å²) in [5, 5.41) is 18.0. The van der Waals surface area contributed by atoms with E-state index in [1.807, 2.05) is 23.1 Å². The van der Waals surface area contributed by atoms with E-state index in [9.17, 15) is 0 Å². The van der Waals surface area contributed by atoms with Crippen molar-refractivity contribution in [2.24, 2.45) is 0 Å². The van der Waals surface area contributed by atoms with Gasteiger partial charge in [-0.05, 0) is 48.7 Å². The molecule has 0 unspecified atom stereocenters. The van der Waals surface area contributed by atoms with Gasteiger partial charge in [0, 0.05) is 63.2 Å². The molecule has 160 valence electrons. The summed E-state index contributed by atoms with van der Waals surface area (Å²) in [4.78, 5) is 26.0. The number of carbonyl (C=O) groups is 2. The zero-order valence-electron chi connectivity index (χ0n) is 17.0. The molecular weight excluding hydrogens is 386 g/mol. The highest BCUT2D eigenvalue weighted by molar-refractivity contribution is 5.51. The molecule has 9 nitrogen and oxygen atoms in total. The Bertz CT molecular complexity index is 924. The molecule has 0 amide bonds. The van der Waals surface area contributed by atoms with Crippen LogP contribution in [-0.2, 0) is 16.1 Å². The van der Waals surface area contributed by atoms with E-state index in [0.717, 1.165) is 38.2 Å². The molecule has 0 spiro atoms. The Labute approximate surface area is 175 Å². The Balaban J connectivity index is 0.000000480. The van der Waals surface area contributed by atoms with E-state index in [-0.39, 0.29) is 12.9 Å². The average molecular weight is 413 g/mol. The quantitative estimate of drug-likeness (QED) is 0.629. The highest BCUT2D eigenvalue weighted by Gasteiger charge is 2.16. The topological polar surface area (TPSA) is 111 Å². The Kier molecular flexibility index (Phi) is 9.26. The van der Waals surface area contributed by atoms with E-state index >= 15 is 0 Å². The second-order valence-corrected chi connectivity index (χ2v) is 6.73. The van der Waals surface area contributed by atoms with Gasteiger partial charge in [0.05, 0.1) is 5.52 Å². The minimum absolute atomic E-state index is 0.250. The molecule has 0 radical (unpaired) electrons. The fourth-order valence-corrected chi connectivity index (χ4v) is 3.52. The molecule has 1 aliphatic heterocycles. The maximum Gasteiger partial charge on any atom is 0.290 e. The molecule has 0 saturated carbocycles. The monoisotopic (exact) mass is 413 g/mol. The van der Waals surface area contributed by atoms with Gasteiger partial charge in [-0.2, -0.15) is 5.10 Å². The molecule has 2 N–H and O–H groups in total. The highest BCUT2D eigenvalue weighted by atomic mass is 16.3. The number of hydrogen-bond donors (Lipinski definition) is 2. The lowest BCUT2D eigenvalue weighted by Gasteiger charge is -2.25. The third-order valence-corrected chi connectivity index (χ3v) is 4.79. The van der Waals surface area contributed by atoms with E-state index in [2.05, 4.69) is 57.3 Å². The zero-order chi connectivity index (χ0) is 21.8. The van der Waals surface area contributed by atoms with Gasteiger partial charge in [0.2, 0.25) is 0 Å². The van der Waals surface area contributed by atoms with Crippen LogP contribution in [0.3, 0.4) is 0 Å². The van der Waals surface area contributed by atoms with Crippen molar-refractivity contribution in [3.63, 3.8) is 0 Å². The number of anilines is 1. The van der Waals surface area contributed by atoms with Crippen molar-refractivity contribution in [3.05, 3.63) is 60.2 Å². The smallest absolute Gasteiger partial charge is 0.290 e. The third kappa shape index (κ3) is 6.56. The van der Waals surface area contributed by atoms with Crippen LogP contribution in [0.25, 0.3) is 5.52 Å². The van der Waals surface area contributed by atoms with E-state index < -0.39 is 0 Å². The number of pyridine rings is 2. The zero-order valence-corrected chi connectivity index (χ0v) is 17.0. The van der Waals surface area contributed by atoms with Crippen LogP contribution in [0.15, 0.2) is 49.1 Å². The molecular formula is C21H27N5O4. The molecule has 30 heavy (non-hydrogen) atoms. The molecule has 0 atom stereocenters. The maximum atomic E-state index is 8.36. The molecule has 3 aromatic heterocycles. The largest absolute Gasteiger partial charge is 0.483 e. The summed E-state index contributed by atoms with van der Waals surface area (Å²) in [5.41, 5.74) is 5.11. The SMILES string of the molecule is Cc1cnccc1N1CCCN(Cc2ccn3nccc3c2)CC1.O=CO.O=CO. The molecule has 4 heterocycles. The molecule has 9 heteroatoms. The third-order valence-electron chi connectivity index (χ3n) is 4.79. The number of carboxylic acid groups (broad SMARTS) is 2. The van der Waals surface area contributed by atoms with Gasteiger partial charge < -0.3 is 15.1 Å². The van der Waals surface area contributed by atoms with E-state index in [1.165, 1.54) is 23.2 Å². The van der Waals surface area contributed by atoms with Gasteiger partial charge in [-0.25, -0.2) is 4.52 Å². The lowest BCUT2D eigenvalue weighted by molar-refractivity contribution is -0.123. The van der Waals surface area contributed by atoms with Gasteiger partial charge in [-0.3, -0.25) is 19.5 Å². The van der Waals surface area contributed by atoms with E-state index in [0.29, 0.717) is 0 Å². The molecule has 0 aromatic carbocycles. The van der Waals surface area contributed by atoms with Crippen LogP contribution >= 0.6 is 0 Å². The van der Waals surface area contributed by atoms with Crippen LogP contribution in [0.2, 0.25) is 0 Å². The first-order chi connectivity index (χ1) is 14.6. The van der Waals surface area contributed by atoms with Gasteiger partial charge in [0.15, 0.2) is 0 Å². The van der Waals surface area contributed by atoms with Crippen LogP contribution in [-0.4, -0.2) is 68.8 Å². The summed E-state index contributed by atoms with van der Waals surface area (Å²) in [6.07, 6.45) is 8.94. The van der Waals surface area contributed by atoms with Crippen molar-refractivity contribution < 1.29 is 19.8 Å². The summed E-state index contributed by atoms with van der Waals surface area (Å²) in [6, 6.07) is 8.61. The number of rotatable bonds is 3. The molecule has 1 saturated heterocycles. The average Bonchev–Trinajstić information content (AvgIpc) is 3.08. The van der Waals surface area contributed by atoms with E-state index in [1.54, 1.807) is 0 Å². The van der Waals surface area contributed by atoms with Gasteiger partial charge in [-0.1, -0.05) is 0 Å². The summed E-state index contributed by atoms with van der Waals surface area (Å²) in [7, 11) is 0. The summed E-state index contributed by atoms with van der Waals surface area (Å²) >= 11 is 0. The number of fused-ring (bicyclic) bond motifs is 1. The highest BCUT2D eigenvalue weighted by Crippen LogP contribution is 2.20. The first-order valence-corrected chi connectivity index (χ1v) is 9.58. The molecule has 3 aromatic rings. The van der Waals surface area contributed by atoms with Crippen LogP contribution in [0, 0.1) is 6.92 Å². The molecule has 0 bridgehead atoms. The second-order valence-electron chi connectivity index (χ2n) is 6.73. The predicted molar refractivity (Wildman–Crippen MR) is 114 cm³/mol. The van der Waals surface area contributed by atoms with Crippen molar-refractivity contribution >= 4 is 24.1 Å². The minimum Gasteiger partial charge on any atom is -0.483 e. The molecule has 1 fully saturated rings. The van der Waals surface area contributed by atoms with Crippen molar-refractivity contribution in [1.82, 2.24) is 19.5 Å². The van der Waals surface area contributed by atoms with E-state index in [4.69, 9.17) is 19.8 Å². The van der Waals surface area contributed by atoms with Crippen molar-refractivity contribution in [1.29, 1.82) is 0 Å². The van der Waals surface area contributed by atoms with Crippen LogP contribution in [0.1, 0.15) is 17.5 Å². The van der Waals surface area contributed by atoms with Crippen LogP contribution in [0.5, 0.6) is 0 Å². The number of nitrogens with zero attached hydrogens (tertiary/aromatic N) is 5. The molecule has 0 aliphatic carbocycles. The van der Waals surface area contributed by atoms with Gasteiger partial charge in [-0.15, -0.1) is 0 Å². The number of aromatic nitrogens is 3. The number of hydrogen-bond acceptors (Lipinski definition) is 6. The first kappa shape index (κ1) is 22.8. The standard InChI is InChI=1S/C19H23N5.2CH2O2/c1-16-14-20-6-4-19(16)23-9-2-8-22(11-12-23)15-17-5-10-24-18(13-17)3-7-21-24;2*2-1-3/h3-7,10,13-14H,2,8-9,11-12,15H2,1H3;2*1H,(H,2,3). The summed E-state index contributed by atoms with van der Waals surface area (Å²) < 4.78 is 1.92. The second kappa shape index (κ2) is 12.2. The molecule has 4 rings (SSSR count). The predicted octanol–water partition coefficient (Wildman–Crippen LogP) is 2.15. The Morgan fingerprint density at radius 3 is 2.53 bits per heavy atom. The lowest BCUT2D eigenvalue weighted by Crippen LogP contribution is -2.30. The Morgan fingerprint density at radius 2 is 1.80 bits per heavy atom. The van der Waals surface area contributed by atoms with Gasteiger partial charge >= 0.3 is 0 Å². The first-order valence-electron chi connectivity index (χ1n) is 9.58. The van der Waals surface area contributed by atoms with Crippen molar-refractivity contribution in [3.8, 4) is 0 Å². The number of aryl methyl sites for hydroxylation is 1. The summed E-state index contributed by atoms with van der Waals surface area (Å²) in [6.45, 7) is 7.07. The Morgan fingerprint density at radius 1 is 1.03 bits per heavy atom. The summed E-state index contributed by atoms with van der Waals surface area (Å²) in [5.74, 6) is 0. The fourth-order valence-electron chi connectivity index (χ4n) is 3.52. The van der Waals surface area contributed by atoms with Crippen LogP contribution < -0.4 is 4.90 Å².